The molecule has 2 rings (SSSR count). The molecule has 14 heavy (non-hydrogen) atoms. The molecule has 0 amide bonds. The predicted molar refractivity (Wildman–Crippen MR) is 51.9 cm³/mol. The van der Waals surface area contributed by atoms with E-state index in [1.807, 2.05) is 17.7 Å². The minimum absolute atomic E-state index is 0.233. The van der Waals surface area contributed by atoms with E-state index in [0.717, 1.165) is 16.6 Å². The highest BCUT2D eigenvalue weighted by atomic mass is 19.1. The summed E-state index contributed by atoms with van der Waals surface area (Å²) >= 11 is 0. The summed E-state index contributed by atoms with van der Waals surface area (Å²) < 4.78 is 14.8. The Labute approximate surface area is 80.8 Å². The van der Waals surface area contributed by atoms with Crippen LogP contribution in [0.2, 0.25) is 0 Å². The topological polar surface area (TPSA) is 40.2 Å². The van der Waals surface area contributed by atoms with Crippen LogP contribution in [-0.4, -0.2) is 4.57 Å². The summed E-state index contributed by atoms with van der Waals surface area (Å²) in [5, 5.41) is 0.861. The Kier molecular flexibility index (Phi) is 2.23. The molecule has 0 fully saturated rings. The van der Waals surface area contributed by atoms with Crippen LogP contribution in [0.3, 0.4) is 0 Å². The maximum atomic E-state index is 12.9. The first-order chi connectivity index (χ1) is 6.72. The maximum absolute atomic E-state index is 12.9. The lowest BCUT2D eigenvalue weighted by atomic mass is 10.2. The van der Waals surface area contributed by atoms with Gasteiger partial charge in [0.1, 0.15) is 12.4 Å². The fraction of sp³-hybridized carbons (Fsp3) is 0.200. The third kappa shape index (κ3) is 1.38. The lowest BCUT2D eigenvalue weighted by molar-refractivity contribution is 0.119. The molecule has 0 saturated carbocycles. The van der Waals surface area contributed by atoms with Crippen molar-refractivity contribution in [3.63, 3.8) is 0 Å². The van der Waals surface area contributed by atoms with Crippen LogP contribution >= 0.6 is 0 Å². The number of aromatic nitrogens is 1. The van der Waals surface area contributed by atoms with Gasteiger partial charge in [-0.1, -0.05) is 0 Å². The standard InChI is InChI=1S/C10H11FN2O/c1-13-9(6-14-12)5-7-4-8(11)2-3-10(7)13/h2-5H,6,12H2,1H3. The Morgan fingerprint density at radius 1 is 1.43 bits per heavy atom. The van der Waals surface area contributed by atoms with E-state index in [0.29, 0.717) is 6.61 Å². The number of nitrogens with two attached hydrogens (primary N) is 1. The number of hydrogen-bond donors (Lipinski definition) is 1. The molecule has 0 saturated heterocycles. The van der Waals surface area contributed by atoms with Gasteiger partial charge in [-0.2, -0.15) is 0 Å². The summed E-state index contributed by atoms with van der Waals surface area (Å²) in [5.74, 6) is 4.76. The average molecular weight is 194 g/mol. The molecular formula is C10H11FN2O. The van der Waals surface area contributed by atoms with Gasteiger partial charge >= 0.3 is 0 Å². The second-order valence-electron chi connectivity index (χ2n) is 3.21. The van der Waals surface area contributed by atoms with E-state index in [1.165, 1.54) is 12.1 Å². The third-order valence-electron chi connectivity index (χ3n) is 2.34. The predicted octanol–water partition coefficient (Wildman–Crippen LogP) is 1.71. The fourth-order valence-corrected chi connectivity index (χ4v) is 1.60. The van der Waals surface area contributed by atoms with Crippen LogP contribution in [0.1, 0.15) is 5.69 Å². The number of halogens is 1. The normalized spacial score (nSPS) is 11.1. The lowest BCUT2D eigenvalue weighted by Crippen LogP contribution is -2.03. The van der Waals surface area contributed by atoms with Gasteiger partial charge < -0.3 is 4.57 Å². The van der Waals surface area contributed by atoms with E-state index in [2.05, 4.69) is 4.84 Å². The van der Waals surface area contributed by atoms with E-state index >= 15 is 0 Å². The highest BCUT2D eigenvalue weighted by Gasteiger charge is 2.05. The molecule has 0 bridgehead atoms. The molecular weight excluding hydrogens is 183 g/mol. The maximum Gasteiger partial charge on any atom is 0.123 e. The van der Waals surface area contributed by atoms with Gasteiger partial charge in [-0.15, -0.1) is 0 Å². The van der Waals surface area contributed by atoms with Crippen LogP contribution in [0.15, 0.2) is 24.3 Å². The van der Waals surface area contributed by atoms with Crippen molar-refractivity contribution in [2.45, 2.75) is 6.61 Å². The molecule has 1 heterocycles. The number of hydrogen-bond acceptors (Lipinski definition) is 2. The van der Waals surface area contributed by atoms with Gasteiger partial charge in [0.25, 0.3) is 0 Å². The molecule has 1 aromatic heterocycles. The summed E-state index contributed by atoms with van der Waals surface area (Å²) in [6, 6.07) is 6.54. The van der Waals surface area contributed by atoms with E-state index in [1.54, 1.807) is 6.07 Å². The van der Waals surface area contributed by atoms with Crippen LogP contribution in [-0.2, 0) is 18.5 Å². The molecule has 2 N–H and O–H groups in total. The molecule has 0 atom stereocenters. The molecule has 0 unspecified atom stereocenters. The first-order valence-corrected chi connectivity index (χ1v) is 4.28. The van der Waals surface area contributed by atoms with Gasteiger partial charge in [0, 0.05) is 23.6 Å². The third-order valence-corrected chi connectivity index (χ3v) is 2.34. The second-order valence-corrected chi connectivity index (χ2v) is 3.21. The largest absolute Gasteiger partial charge is 0.345 e. The van der Waals surface area contributed by atoms with Gasteiger partial charge in [0.05, 0.1) is 0 Å². The molecule has 0 aliphatic carbocycles. The Hall–Kier alpha value is -1.39. The lowest BCUT2D eigenvalue weighted by Gasteiger charge is -2.01. The van der Waals surface area contributed by atoms with Crippen molar-refractivity contribution in [2.24, 2.45) is 12.9 Å². The van der Waals surface area contributed by atoms with Crippen LogP contribution < -0.4 is 5.90 Å². The second kappa shape index (κ2) is 3.40. The van der Waals surface area contributed by atoms with Gasteiger partial charge in [-0.05, 0) is 24.3 Å². The molecule has 0 spiro atoms. The SMILES string of the molecule is Cn1c(CON)cc2cc(F)ccc21. The zero-order valence-electron chi connectivity index (χ0n) is 7.83. The summed E-state index contributed by atoms with van der Waals surface area (Å²) in [4.78, 5) is 4.55. The fourth-order valence-electron chi connectivity index (χ4n) is 1.60. The summed E-state index contributed by atoms with van der Waals surface area (Å²) in [5.41, 5.74) is 1.89. The minimum atomic E-state index is -0.233. The van der Waals surface area contributed by atoms with Crippen molar-refractivity contribution < 1.29 is 9.23 Å². The van der Waals surface area contributed by atoms with Crippen molar-refractivity contribution in [1.29, 1.82) is 0 Å². The molecule has 0 radical (unpaired) electrons. The molecule has 1 aromatic carbocycles. The van der Waals surface area contributed by atoms with E-state index < -0.39 is 0 Å². The van der Waals surface area contributed by atoms with Crippen molar-refractivity contribution in [3.05, 3.63) is 35.8 Å². The highest BCUT2D eigenvalue weighted by Crippen LogP contribution is 2.19. The first-order valence-electron chi connectivity index (χ1n) is 4.28. The average Bonchev–Trinajstić information content (AvgIpc) is 2.44. The highest BCUT2D eigenvalue weighted by molar-refractivity contribution is 5.81. The summed E-state index contributed by atoms with van der Waals surface area (Å²) in [6.07, 6.45) is 0. The van der Waals surface area contributed by atoms with Crippen LogP contribution in [0.4, 0.5) is 4.39 Å². The Morgan fingerprint density at radius 2 is 2.21 bits per heavy atom. The van der Waals surface area contributed by atoms with Crippen LogP contribution in [0.25, 0.3) is 10.9 Å². The molecule has 4 heteroatoms. The molecule has 0 aliphatic rings. The Morgan fingerprint density at radius 3 is 2.93 bits per heavy atom. The van der Waals surface area contributed by atoms with Crippen molar-refractivity contribution in [1.82, 2.24) is 4.57 Å². The number of nitrogens with zero attached hydrogens (tertiary/aromatic N) is 1. The molecule has 3 nitrogen and oxygen atoms in total. The smallest absolute Gasteiger partial charge is 0.123 e. The monoisotopic (exact) mass is 194 g/mol. The van der Waals surface area contributed by atoms with Gasteiger partial charge in [-0.25, -0.2) is 10.3 Å². The number of rotatable bonds is 2. The van der Waals surface area contributed by atoms with Gasteiger partial charge in [0.15, 0.2) is 0 Å². The Bertz CT molecular complexity index is 464. The Balaban J connectivity index is 2.61. The molecule has 0 aliphatic heterocycles. The quantitative estimate of drug-likeness (QED) is 0.739. The minimum Gasteiger partial charge on any atom is -0.345 e. The van der Waals surface area contributed by atoms with Gasteiger partial charge in [0.2, 0.25) is 0 Å². The number of aryl methyl sites for hydroxylation is 1. The molecule has 2 aromatic rings. The number of benzene rings is 1. The zero-order chi connectivity index (χ0) is 10.1. The van der Waals surface area contributed by atoms with Gasteiger partial charge in [-0.3, -0.25) is 4.84 Å². The molecule has 74 valence electrons. The zero-order valence-corrected chi connectivity index (χ0v) is 7.83. The van der Waals surface area contributed by atoms with E-state index in [4.69, 9.17) is 5.90 Å². The summed E-state index contributed by atoms with van der Waals surface area (Å²) in [6.45, 7) is 0.326. The van der Waals surface area contributed by atoms with E-state index in [-0.39, 0.29) is 5.82 Å². The summed E-state index contributed by atoms with van der Waals surface area (Å²) in [7, 11) is 1.90. The van der Waals surface area contributed by atoms with Crippen molar-refractivity contribution >= 4 is 10.9 Å². The van der Waals surface area contributed by atoms with Crippen LogP contribution in [0.5, 0.6) is 0 Å². The number of fused-ring (bicyclic) bond motifs is 1. The van der Waals surface area contributed by atoms with Crippen molar-refractivity contribution in [3.8, 4) is 0 Å². The van der Waals surface area contributed by atoms with E-state index in [9.17, 15) is 4.39 Å². The van der Waals surface area contributed by atoms with Crippen molar-refractivity contribution in [2.75, 3.05) is 0 Å². The first kappa shape index (κ1) is 9.18. The van der Waals surface area contributed by atoms with Crippen LogP contribution in [0, 0.1) is 5.82 Å².